The Balaban J connectivity index is 1.20. The number of hydrogen-bond donors (Lipinski definition) is 2. The minimum atomic E-state index is -3.87. The molecule has 0 radical (unpaired) electrons. The first kappa shape index (κ1) is 29.4. The highest BCUT2D eigenvalue weighted by atomic mass is 35.5. The van der Waals surface area contributed by atoms with Gasteiger partial charge in [-0.1, -0.05) is 36.4 Å². The van der Waals surface area contributed by atoms with Gasteiger partial charge in [-0.05, 0) is 50.1 Å². The first-order chi connectivity index (χ1) is 20.5. The lowest BCUT2D eigenvalue weighted by Gasteiger charge is -2.23. The predicted octanol–water partition coefficient (Wildman–Crippen LogP) is 3.95. The van der Waals surface area contributed by atoms with Crippen LogP contribution in [0, 0.1) is 5.92 Å². The number of sulfonamides is 1. The van der Waals surface area contributed by atoms with E-state index in [1.165, 1.54) is 4.42 Å². The fourth-order valence-corrected chi connectivity index (χ4v) is 7.17. The largest absolute Gasteiger partial charge is 0.497 e. The van der Waals surface area contributed by atoms with Gasteiger partial charge in [-0.25, -0.2) is 17.8 Å². The highest BCUT2D eigenvalue weighted by Crippen LogP contribution is 2.47. The monoisotopic (exact) mass is 624 g/mol. The van der Waals surface area contributed by atoms with Crippen LogP contribution in [0.4, 0.5) is 0 Å². The number of carbonyl (C=O) groups is 2. The van der Waals surface area contributed by atoms with Crippen LogP contribution < -0.4 is 19.5 Å². The molecule has 0 bridgehead atoms. The summed E-state index contributed by atoms with van der Waals surface area (Å²) in [5.41, 5.74) is 0.942. The second-order valence-corrected chi connectivity index (χ2v) is 14.4. The number of nitrogens with zero attached hydrogens (tertiary/aromatic N) is 2. The first-order valence-corrected chi connectivity index (χ1v) is 16.0. The molecule has 2 amide bonds. The molecule has 10 nitrogen and oxygen atoms in total. The van der Waals surface area contributed by atoms with Crippen molar-refractivity contribution in [2.75, 3.05) is 13.7 Å². The lowest BCUT2D eigenvalue weighted by molar-refractivity contribution is -0.131. The van der Waals surface area contributed by atoms with Crippen molar-refractivity contribution in [3.63, 3.8) is 0 Å². The lowest BCUT2D eigenvalue weighted by Crippen LogP contribution is -2.56. The zero-order chi connectivity index (χ0) is 30.6. The molecule has 1 saturated heterocycles. The molecule has 2 N–H and O–H groups in total. The van der Waals surface area contributed by atoms with Gasteiger partial charge in [0.15, 0.2) is 0 Å². The highest BCUT2D eigenvalue weighted by Gasteiger charge is 2.62. The normalized spacial score (nSPS) is 26.0. The van der Waals surface area contributed by atoms with E-state index < -0.39 is 50.2 Å². The molecule has 2 heterocycles. The van der Waals surface area contributed by atoms with Gasteiger partial charge in [-0.3, -0.25) is 14.3 Å². The number of benzene rings is 2. The van der Waals surface area contributed by atoms with Crippen molar-refractivity contribution in [2.24, 2.45) is 5.92 Å². The zero-order valence-electron chi connectivity index (χ0n) is 23.9. The molecule has 226 valence electrons. The number of methoxy groups -OCH3 is 1. The molecule has 0 spiro atoms. The number of rotatable bonds is 10. The molecule has 2 saturated carbocycles. The Bertz CT molecular complexity index is 1710. The molecule has 3 fully saturated rings. The topological polar surface area (TPSA) is 127 Å². The van der Waals surface area contributed by atoms with E-state index in [9.17, 15) is 18.0 Å². The van der Waals surface area contributed by atoms with Gasteiger partial charge in [0.25, 0.3) is 5.91 Å². The molecule has 2 aromatic carbocycles. The van der Waals surface area contributed by atoms with E-state index in [2.05, 4.69) is 16.6 Å². The zero-order valence-corrected chi connectivity index (χ0v) is 25.5. The second-order valence-electron chi connectivity index (χ2n) is 11.7. The van der Waals surface area contributed by atoms with Crippen LogP contribution in [0.25, 0.3) is 22.2 Å². The van der Waals surface area contributed by atoms with Crippen molar-refractivity contribution in [2.45, 2.75) is 55.0 Å². The van der Waals surface area contributed by atoms with Crippen molar-refractivity contribution in [3.8, 4) is 22.8 Å². The van der Waals surface area contributed by atoms with E-state index in [4.69, 9.17) is 26.2 Å². The molecular weight excluding hydrogens is 592 g/mol. The van der Waals surface area contributed by atoms with Gasteiger partial charge in [0.1, 0.15) is 29.2 Å². The number of pyridine rings is 1. The van der Waals surface area contributed by atoms with E-state index in [0.717, 1.165) is 16.6 Å². The summed E-state index contributed by atoms with van der Waals surface area (Å²) in [6.07, 6.45) is 2.58. The Morgan fingerprint density at radius 3 is 2.56 bits per heavy atom. The molecule has 6 rings (SSSR count). The Hall–Kier alpha value is -3.67. The highest BCUT2D eigenvalue weighted by molar-refractivity contribution is 7.91. The molecule has 12 heteroatoms. The van der Waals surface area contributed by atoms with Crippen LogP contribution in [0.3, 0.4) is 0 Å². The third-order valence-electron chi connectivity index (χ3n) is 8.73. The summed E-state index contributed by atoms with van der Waals surface area (Å²) in [4.78, 5) is 31.5. The van der Waals surface area contributed by atoms with Crippen molar-refractivity contribution in [1.82, 2.24) is 19.4 Å². The Kier molecular flexibility index (Phi) is 7.38. The lowest BCUT2D eigenvalue weighted by atomic mass is 10.1. The molecule has 3 aliphatic rings. The van der Waals surface area contributed by atoms with E-state index in [-0.39, 0.29) is 19.4 Å². The molecule has 1 aromatic heterocycles. The predicted molar refractivity (Wildman–Crippen MR) is 163 cm³/mol. The van der Waals surface area contributed by atoms with Crippen LogP contribution in [0.5, 0.6) is 11.5 Å². The van der Waals surface area contributed by atoms with Gasteiger partial charge in [-0.2, -0.15) is 0 Å². The van der Waals surface area contributed by atoms with Gasteiger partial charge in [0, 0.05) is 35.4 Å². The smallest absolute Gasteiger partial charge is 0.259 e. The maximum absolute atomic E-state index is 13.5. The summed E-state index contributed by atoms with van der Waals surface area (Å²) in [5.74, 6) is -0.378. The van der Waals surface area contributed by atoms with Gasteiger partial charge in [0.2, 0.25) is 15.9 Å². The fourth-order valence-electron chi connectivity index (χ4n) is 5.53. The first-order valence-electron chi connectivity index (χ1n) is 14.1. The van der Waals surface area contributed by atoms with E-state index in [1.54, 1.807) is 20.1 Å². The summed E-state index contributed by atoms with van der Waals surface area (Å²) < 4.78 is 39.9. The van der Waals surface area contributed by atoms with Crippen molar-refractivity contribution in [3.05, 3.63) is 67.3 Å². The van der Waals surface area contributed by atoms with Crippen LogP contribution in [0.15, 0.2) is 67.3 Å². The Morgan fingerprint density at radius 2 is 1.91 bits per heavy atom. The number of halogens is 1. The van der Waals surface area contributed by atoms with Crippen molar-refractivity contribution < 1.29 is 27.5 Å². The molecule has 0 unspecified atom stereocenters. The average molecular weight is 625 g/mol. The van der Waals surface area contributed by atoms with E-state index in [1.807, 2.05) is 54.6 Å². The molecule has 4 atom stereocenters. The molecule has 1 aliphatic heterocycles. The van der Waals surface area contributed by atoms with E-state index >= 15 is 0 Å². The summed E-state index contributed by atoms with van der Waals surface area (Å²) >= 11 is 6.54. The average Bonchev–Trinajstić information content (AvgIpc) is 3.89. The standard InChI is InChI=1S/C31H33ClN4O6S/c1-4-20-17-31(20,29(38)35-43(39,40)30(2)12-13-30)34-28(37)26-15-22(18-36(26)32)42-27-16-24(19-8-6-5-7-9-19)33-25-14-21(41-3)10-11-23(25)27/h4-11,14,16,20,22,26H,1,12-13,15,17-18H2,2-3H3,(H,34,37)(H,35,38)/t20-,22-,26+,31-/m1/s1. The van der Waals surface area contributed by atoms with Crippen LogP contribution >= 0.6 is 11.8 Å². The van der Waals surface area contributed by atoms with Crippen LogP contribution in [0.1, 0.15) is 32.6 Å². The van der Waals surface area contributed by atoms with Crippen LogP contribution in [-0.4, -0.2) is 65.7 Å². The molecule has 2 aliphatic carbocycles. The van der Waals surface area contributed by atoms with Crippen LogP contribution in [0.2, 0.25) is 0 Å². The van der Waals surface area contributed by atoms with Gasteiger partial charge < -0.3 is 14.8 Å². The Morgan fingerprint density at radius 1 is 1.16 bits per heavy atom. The number of amides is 2. The van der Waals surface area contributed by atoms with Gasteiger partial charge in [-0.15, -0.1) is 6.58 Å². The second kappa shape index (κ2) is 10.8. The molecule has 3 aromatic rings. The Labute approximate surface area is 255 Å². The van der Waals surface area contributed by atoms with Gasteiger partial charge in [0.05, 0.1) is 29.6 Å². The minimum absolute atomic E-state index is 0.247. The number of fused-ring (bicyclic) bond motifs is 1. The summed E-state index contributed by atoms with van der Waals surface area (Å²) in [7, 11) is -2.28. The van der Waals surface area contributed by atoms with Crippen LogP contribution in [-0.2, 0) is 19.6 Å². The minimum Gasteiger partial charge on any atom is -0.497 e. The maximum atomic E-state index is 13.5. The number of nitrogens with one attached hydrogen (secondary N) is 2. The molecule has 43 heavy (non-hydrogen) atoms. The van der Waals surface area contributed by atoms with Gasteiger partial charge >= 0.3 is 0 Å². The van der Waals surface area contributed by atoms with Crippen molar-refractivity contribution >= 4 is 44.5 Å². The van der Waals surface area contributed by atoms with E-state index in [0.29, 0.717) is 29.9 Å². The quantitative estimate of drug-likeness (QED) is 0.257. The number of carbonyl (C=O) groups excluding carboxylic acids is 2. The number of ether oxygens (including phenoxy) is 2. The third-order valence-corrected chi connectivity index (χ3v) is 11.3. The summed E-state index contributed by atoms with van der Waals surface area (Å²) in [6.45, 7) is 5.60. The van der Waals surface area contributed by atoms with Crippen molar-refractivity contribution in [1.29, 1.82) is 0 Å². The summed E-state index contributed by atoms with van der Waals surface area (Å²) in [6, 6.07) is 16.3. The summed E-state index contributed by atoms with van der Waals surface area (Å²) in [5, 5.41) is 3.58. The number of hydrogen-bond acceptors (Lipinski definition) is 8. The molecular formula is C31H33ClN4O6S. The third kappa shape index (κ3) is 5.45. The number of aromatic nitrogens is 1. The maximum Gasteiger partial charge on any atom is 0.259 e. The SMILES string of the molecule is C=C[C@@H]1C[C@]1(NC(=O)[C@@H]1C[C@@H](Oc2cc(-c3ccccc3)nc3cc(OC)ccc23)CN1Cl)C(=O)NS(=O)(=O)C1(C)CC1. The fraction of sp³-hybridized carbons (Fsp3) is 0.387.